The molecular formula is C9H14N8O. The highest BCUT2D eigenvalue weighted by molar-refractivity contribution is 4.88. The fraction of sp³-hybridized carbons (Fsp3) is 0.778. The lowest BCUT2D eigenvalue weighted by molar-refractivity contribution is -0.0980. The zero-order valence-corrected chi connectivity index (χ0v) is 10.1. The SMILES string of the molecule is CC1(OCc2nnnn2Cc2nn[nH]n2)CCC1. The molecule has 1 fully saturated rings. The summed E-state index contributed by atoms with van der Waals surface area (Å²) in [6, 6.07) is 0. The molecule has 0 bridgehead atoms. The Morgan fingerprint density at radius 2 is 2.28 bits per heavy atom. The van der Waals surface area contributed by atoms with Crippen molar-refractivity contribution in [1.29, 1.82) is 0 Å². The Balaban J connectivity index is 1.64. The highest BCUT2D eigenvalue weighted by Crippen LogP contribution is 2.35. The van der Waals surface area contributed by atoms with Gasteiger partial charge in [0.2, 0.25) is 0 Å². The molecule has 2 aromatic heterocycles. The molecule has 0 aliphatic heterocycles. The number of aromatic amines is 1. The standard InChI is InChI=1S/C9H14N8O/c1-9(3-2-4-9)18-6-8-12-15-16-17(8)5-7-10-13-14-11-7/h2-6H2,1H3,(H,10,11,13,14). The van der Waals surface area contributed by atoms with Gasteiger partial charge in [0, 0.05) is 0 Å². The van der Waals surface area contributed by atoms with Crippen LogP contribution in [0.3, 0.4) is 0 Å². The predicted octanol–water partition coefficient (Wildman–Crippen LogP) is -0.306. The monoisotopic (exact) mass is 250 g/mol. The Kier molecular flexibility index (Phi) is 2.74. The first-order valence-electron chi connectivity index (χ1n) is 5.86. The third-order valence-electron chi connectivity index (χ3n) is 3.25. The van der Waals surface area contributed by atoms with Gasteiger partial charge in [0.05, 0.1) is 5.60 Å². The van der Waals surface area contributed by atoms with E-state index in [1.165, 1.54) is 6.42 Å². The van der Waals surface area contributed by atoms with E-state index in [2.05, 4.69) is 43.1 Å². The number of ether oxygens (including phenoxy) is 1. The Bertz CT molecular complexity index is 502. The third-order valence-corrected chi connectivity index (χ3v) is 3.25. The van der Waals surface area contributed by atoms with E-state index in [-0.39, 0.29) is 5.60 Å². The van der Waals surface area contributed by atoms with Crippen molar-refractivity contribution >= 4 is 0 Å². The zero-order valence-electron chi connectivity index (χ0n) is 10.1. The minimum Gasteiger partial charge on any atom is -0.367 e. The second kappa shape index (κ2) is 4.41. The molecule has 0 amide bonds. The first-order valence-corrected chi connectivity index (χ1v) is 5.86. The van der Waals surface area contributed by atoms with E-state index in [1.54, 1.807) is 4.68 Å². The molecule has 0 spiro atoms. The van der Waals surface area contributed by atoms with Crippen LogP contribution in [-0.4, -0.2) is 46.4 Å². The van der Waals surface area contributed by atoms with Crippen LogP contribution in [0.15, 0.2) is 0 Å². The van der Waals surface area contributed by atoms with Gasteiger partial charge in [-0.25, -0.2) is 4.68 Å². The lowest BCUT2D eigenvalue weighted by Crippen LogP contribution is -2.36. The minimum atomic E-state index is -0.0110. The van der Waals surface area contributed by atoms with Crippen LogP contribution >= 0.6 is 0 Å². The molecule has 9 heteroatoms. The first-order chi connectivity index (χ1) is 8.75. The molecule has 0 atom stereocenters. The number of aromatic nitrogens is 8. The van der Waals surface area contributed by atoms with Crippen molar-refractivity contribution in [2.24, 2.45) is 0 Å². The summed E-state index contributed by atoms with van der Waals surface area (Å²) < 4.78 is 7.46. The van der Waals surface area contributed by atoms with Gasteiger partial charge in [-0.1, -0.05) is 5.21 Å². The molecule has 0 unspecified atom stereocenters. The van der Waals surface area contributed by atoms with Crippen molar-refractivity contribution in [1.82, 2.24) is 40.8 Å². The van der Waals surface area contributed by atoms with Gasteiger partial charge >= 0.3 is 0 Å². The minimum absolute atomic E-state index is 0.0110. The molecule has 1 aliphatic rings. The number of H-pyrrole nitrogens is 1. The van der Waals surface area contributed by atoms with Crippen molar-refractivity contribution in [2.45, 2.75) is 44.9 Å². The Hall–Kier alpha value is -1.90. The molecule has 0 radical (unpaired) electrons. The average Bonchev–Trinajstić information content (AvgIpc) is 2.96. The van der Waals surface area contributed by atoms with Gasteiger partial charge in [-0.3, -0.25) is 0 Å². The zero-order chi connectivity index (χ0) is 12.4. The van der Waals surface area contributed by atoms with E-state index in [4.69, 9.17) is 4.74 Å². The molecule has 1 N–H and O–H groups in total. The fourth-order valence-corrected chi connectivity index (χ4v) is 1.89. The Morgan fingerprint density at radius 3 is 2.94 bits per heavy atom. The summed E-state index contributed by atoms with van der Waals surface area (Å²) in [5.41, 5.74) is -0.0110. The van der Waals surface area contributed by atoms with Gasteiger partial charge in [0.1, 0.15) is 13.2 Å². The molecule has 18 heavy (non-hydrogen) atoms. The number of hydrogen-bond acceptors (Lipinski definition) is 7. The van der Waals surface area contributed by atoms with E-state index in [0.717, 1.165) is 12.8 Å². The normalized spacial score (nSPS) is 17.6. The molecule has 2 aromatic rings. The summed E-state index contributed by atoms with van der Waals surface area (Å²) in [7, 11) is 0. The van der Waals surface area contributed by atoms with Gasteiger partial charge in [-0.05, 0) is 36.6 Å². The summed E-state index contributed by atoms with van der Waals surface area (Å²) in [5, 5.41) is 25.1. The molecule has 1 aliphatic carbocycles. The van der Waals surface area contributed by atoms with Gasteiger partial charge in [0.15, 0.2) is 11.6 Å². The van der Waals surface area contributed by atoms with Crippen LogP contribution in [0.25, 0.3) is 0 Å². The fourth-order valence-electron chi connectivity index (χ4n) is 1.89. The third kappa shape index (κ3) is 2.21. The molecule has 1 saturated carbocycles. The number of nitrogens with one attached hydrogen (secondary N) is 1. The summed E-state index contributed by atoms with van der Waals surface area (Å²) in [4.78, 5) is 0. The molecule has 96 valence electrons. The largest absolute Gasteiger partial charge is 0.367 e. The van der Waals surface area contributed by atoms with E-state index >= 15 is 0 Å². The first kappa shape index (κ1) is 11.2. The van der Waals surface area contributed by atoms with Crippen LogP contribution in [0.4, 0.5) is 0 Å². The molecule has 9 nitrogen and oxygen atoms in total. The summed E-state index contributed by atoms with van der Waals surface area (Å²) in [6.45, 7) is 2.91. The molecule has 0 aromatic carbocycles. The summed E-state index contributed by atoms with van der Waals surface area (Å²) in [5.74, 6) is 1.21. The van der Waals surface area contributed by atoms with Gasteiger partial charge in [0.25, 0.3) is 0 Å². The maximum Gasteiger partial charge on any atom is 0.196 e. The molecule has 3 rings (SSSR count). The highest BCUT2D eigenvalue weighted by atomic mass is 16.5. The molecule has 0 saturated heterocycles. The molecular weight excluding hydrogens is 236 g/mol. The summed E-state index contributed by atoms with van der Waals surface area (Å²) >= 11 is 0. The van der Waals surface area contributed by atoms with E-state index in [1.807, 2.05) is 0 Å². The smallest absolute Gasteiger partial charge is 0.196 e. The van der Waals surface area contributed by atoms with Crippen molar-refractivity contribution < 1.29 is 4.74 Å². The van der Waals surface area contributed by atoms with Crippen LogP contribution in [0, 0.1) is 0 Å². The van der Waals surface area contributed by atoms with Gasteiger partial charge in [-0.15, -0.1) is 15.3 Å². The second-order valence-electron chi connectivity index (χ2n) is 4.67. The molecule has 2 heterocycles. The van der Waals surface area contributed by atoms with Crippen LogP contribution in [0.5, 0.6) is 0 Å². The van der Waals surface area contributed by atoms with Crippen LogP contribution < -0.4 is 0 Å². The van der Waals surface area contributed by atoms with Crippen molar-refractivity contribution in [3.8, 4) is 0 Å². The van der Waals surface area contributed by atoms with E-state index in [0.29, 0.717) is 24.8 Å². The number of hydrogen-bond donors (Lipinski definition) is 1. The number of rotatable bonds is 5. The number of tetrazole rings is 2. The van der Waals surface area contributed by atoms with Crippen LogP contribution in [-0.2, 0) is 17.9 Å². The lowest BCUT2D eigenvalue weighted by atomic mass is 9.82. The van der Waals surface area contributed by atoms with E-state index < -0.39 is 0 Å². The Morgan fingerprint density at radius 1 is 1.39 bits per heavy atom. The van der Waals surface area contributed by atoms with E-state index in [9.17, 15) is 0 Å². The second-order valence-corrected chi connectivity index (χ2v) is 4.67. The summed E-state index contributed by atoms with van der Waals surface area (Å²) in [6.07, 6.45) is 3.42. The Labute approximate surface area is 103 Å². The van der Waals surface area contributed by atoms with Crippen molar-refractivity contribution in [3.63, 3.8) is 0 Å². The van der Waals surface area contributed by atoms with Gasteiger partial charge in [-0.2, -0.15) is 5.21 Å². The van der Waals surface area contributed by atoms with Crippen LogP contribution in [0.1, 0.15) is 37.8 Å². The van der Waals surface area contributed by atoms with Gasteiger partial charge < -0.3 is 4.74 Å². The lowest BCUT2D eigenvalue weighted by Gasteiger charge is -2.37. The topological polar surface area (TPSA) is 107 Å². The van der Waals surface area contributed by atoms with Crippen LogP contribution in [0.2, 0.25) is 0 Å². The maximum atomic E-state index is 5.84. The highest BCUT2D eigenvalue weighted by Gasteiger charge is 2.33. The number of nitrogens with zero attached hydrogens (tertiary/aromatic N) is 7. The van der Waals surface area contributed by atoms with Crippen molar-refractivity contribution in [3.05, 3.63) is 11.6 Å². The van der Waals surface area contributed by atoms with Crippen molar-refractivity contribution in [2.75, 3.05) is 0 Å². The average molecular weight is 250 g/mol. The quantitative estimate of drug-likeness (QED) is 0.775. The predicted molar refractivity (Wildman–Crippen MR) is 58.1 cm³/mol. The maximum absolute atomic E-state index is 5.84.